The Morgan fingerprint density at radius 1 is 1.24 bits per heavy atom. The molecule has 1 aliphatic heterocycles. The molecule has 1 fully saturated rings. The number of piperidine rings is 1. The molecule has 0 aromatic heterocycles. The Kier molecular flexibility index (Phi) is 3.73. The van der Waals surface area contributed by atoms with E-state index in [1.54, 1.807) is 24.3 Å². The van der Waals surface area contributed by atoms with Crippen molar-refractivity contribution in [3.8, 4) is 11.8 Å². The van der Waals surface area contributed by atoms with Crippen LogP contribution in [-0.4, -0.2) is 30.7 Å². The zero-order valence-electron chi connectivity index (χ0n) is 9.89. The summed E-state index contributed by atoms with van der Waals surface area (Å²) in [6, 6.07) is 9.04. The van der Waals surface area contributed by atoms with Gasteiger partial charge in [-0.05, 0) is 31.3 Å². The summed E-state index contributed by atoms with van der Waals surface area (Å²) in [5, 5.41) is 12.8. The fraction of sp³-hybridized carbons (Fsp3) is 0.385. The maximum atomic E-state index is 8.66. The van der Waals surface area contributed by atoms with Crippen molar-refractivity contribution in [1.29, 1.82) is 5.26 Å². The lowest BCUT2D eigenvalue weighted by atomic mass is 10.1. The summed E-state index contributed by atoms with van der Waals surface area (Å²) in [4.78, 5) is 7.62. The van der Waals surface area contributed by atoms with Crippen molar-refractivity contribution in [2.45, 2.75) is 12.8 Å². The Labute approximate surface area is 101 Å². The molecule has 1 saturated heterocycles. The van der Waals surface area contributed by atoms with E-state index in [1.165, 1.54) is 0 Å². The third-order valence-electron chi connectivity index (χ3n) is 2.83. The van der Waals surface area contributed by atoms with Gasteiger partial charge in [0, 0.05) is 25.9 Å². The molecule has 0 radical (unpaired) electrons. The van der Waals surface area contributed by atoms with Crippen LogP contribution in [0.2, 0.25) is 0 Å². The van der Waals surface area contributed by atoms with E-state index >= 15 is 0 Å². The van der Waals surface area contributed by atoms with Crippen LogP contribution in [0, 0.1) is 11.3 Å². The van der Waals surface area contributed by atoms with Crippen LogP contribution < -0.4 is 4.84 Å². The lowest BCUT2D eigenvalue weighted by Crippen LogP contribution is -2.30. The molecule has 0 N–H and O–H groups in total. The largest absolute Gasteiger partial charge is 0.357 e. The van der Waals surface area contributed by atoms with Crippen molar-refractivity contribution in [2.24, 2.45) is 5.16 Å². The fourth-order valence-electron chi connectivity index (χ4n) is 1.68. The molecule has 0 amide bonds. The molecule has 1 heterocycles. The van der Waals surface area contributed by atoms with Gasteiger partial charge in [-0.2, -0.15) is 5.26 Å². The van der Waals surface area contributed by atoms with Gasteiger partial charge >= 0.3 is 0 Å². The first-order valence-electron chi connectivity index (χ1n) is 5.69. The van der Waals surface area contributed by atoms with E-state index in [0.29, 0.717) is 11.3 Å². The van der Waals surface area contributed by atoms with Crippen LogP contribution in [0.4, 0.5) is 0 Å². The Bertz CT molecular complexity index is 435. The third kappa shape index (κ3) is 3.30. The number of oxime groups is 1. The molecule has 0 unspecified atom stereocenters. The summed E-state index contributed by atoms with van der Waals surface area (Å²) in [6.07, 6.45) is 1.93. The number of rotatable bonds is 2. The fourth-order valence-corrected chi connectivity index (χ4v) is 1.68. The monoisotopic (exact) mass is 229 g/mol. The van der Waals surface area contributed by atoms with Crippen LogP contribution in [0.3, 0.4) is 0 Å². The zero-order valence-corrected chi connectivity index (χ0v) is 9.89. The Balaban J connectivity index is 1.93. The van der Waals surface area contributed by atoms with Gasteiger partial charge in [0.2, 0.25) is 0 Å². The normalized spacial score (nSPS) is 16.4. The van der Waals surface area contributed by atoms with Crippen LogP contribution in [0.25, 0.3) is 0 Å². The first-order chi connectivity index (χ1) is 8.28. The van der Waals surface area contributed by atoms with E-state index in [1.807, 2.05) is 0 Å². The van der Waals surface area contributed by atoms with Gasteiger partial charge in [0.1, 0.15) is 0 Å². The van der Waals surface area contributed by atoms with Crippen LogP contribution >= 0.6 is 0 Å². The van der Waals surface area contributed by atoms with E-state index in [9.17, 15) is 0 Å². The third-order valence-corrected chi connectivity index (χ3v) is 2.83. The van der Waals surface area contributed by atoms with E-state index in [0.717, 1.165) is 31.6 Å². The maximum Gasteiger partial charge on any atom is 0.158 e. The van der Waals surface area contributed by atoms with E-state index in [4.69, 9.17) is 10.1 Å². The first kappa shape index (κ1) is 11.6. The molecule has 1 aromatic carbocycles. The highest BCUT2D eigenvalue weighted by Crippen LogP contribution is 2.13. The Morgan fingerprint density at radius 2 is 1.88 bits per heavy atom. The SMILES string of the molecule is CN1CCC(=NOc2ccc(C#N)cc2)CC1. The molecule has 0 spiro atoms. The van der Waals surface area contributed by atoms with Gasteiger partial charge in [-0.25, -0.2) is 0 Å². The van der Waals surface area contributed by atoms with E-state index < -0.39 is 0 Å². The summed E-state index contributed by atoms with van der Waals surface area (Å²) in [6.45, 7) is 2.07. The molecule has 0 saturated carbocycles. The van der Waals surface area contributed by atoms with Crippen LogP contribution in [0.15, 0.2) is 29.4 Å². The van der Waals surface area contributed by atoms with Gasteiger partial charge in [0.15, 0.2) is 5.75 Å². The first-order valence-corrected chi connectivity index (χ1v) is 5.69. The summed E-state index contributed by atoms with van der Waals surface area (Å²) < 4.78 is 0. The number of hydrogen-bond donors (Lipinski definition) is 0. The topological polar surface area (TPSA) is 48.6 Å². The second kappa shape index (κ2) is 5.46. The smallest absolute Gasteiger partial charge is 0.158 e. The minimum absolute atomic E-state index is 0.629. The van der Waals surface area contributed by atoms with Crippen molar-refractivity contribution >= 4 is 5.71 Å². The standard InChI is InChI=1S/C13H15N3O/c1-16-8-6-12(7-9-16)15-17-13-4-2-11(10-14)3-5-13/h2-5H,6-9H2,1H3. The highest BCUT2D eigenvalue weighted by atomic mass is 16.6. The van der Waals surface area contributed by atoms with Crippen molar-refractivity contribution in [3.05, 3.63) is 29.8 Å². The lowest BCUT2D eigenvalue weighted by molar-refractivity contribution is 0.310. The summed E-state index contributed by atoms with van der Waals surface area (Å²) in [5.74, 6) is 0.676. The van der Waals surface area contributed by atoms with Crippen LogP contribution in [0.1, 0.15) is 18.4 Å². The predicted molar refractivity (Wildman–Crippen MR) is 66.0 cm³/mol. The van der Waals surface area contributed by atoms with Gasteiger partial charge in [-0.3, -0.25) is 0 Å². The minimum Gasteiger partial charge on any atom is -0.357 e. The van der Waals surface area contributed by atoms with Crippen molar-refractivity contribution in [2.75, 3.05) is 20.1 Å². The number of benzene rings is 1. The molecule has 1 aromatic rings. The molecule has 4 nitrogen and oxygen atoms in total. The highest BCUT2D eigenvalue weighted by molar-refractivity contribution is 5.85. The maximum absolute atomic E-state index is 8.66. The molecule has 0 bridgehead atoms. The molecule has 88 valence electrons. The van der Waals surface area contributed by atoms with E-state index in [-0.39, 0.29) is 0 Å². The van der Waals surface area contributed by atoms with Gasteiger partial charge < -0.3 is 9.74 Å². The minimum atomic E-state index is 0.629. The average molecular weight is 229 g/mol. The Morgan fingerprint density at radius 3 is 2.47 bits per heavy atom. The van der Waals surface area contributed by atoms with Crippen molar-refractivity contribution in [3.63, 3.8) is 0 Å². The average Bonchev–Trinajstić information content (AvgIpc) is 2.39. The number of nitrogens with zero attached hydrogens (tertiary/aromatic N) is 3. The molecule has 17 heavy (non-hydrogen) atoms. The predicted octanol–water partition coefficient (Wildman–Crippen LogP) is 2.02. The zero-order chi connectivity index (χ0) is 12.1. The van der Waals surface area contributed by atoms with Gasteiger partial charge in [-0.1, -0.05) is 5.16 Å². The molecule has 0 atom stereocenters. The second-order valence-electron chi connectivity index (χ2n) is 4.19. The summed E-state index contributed by atoms with van der Waals surface area (Å²) >= 11 is 0. The summed E-state index contributed by atoms with van der Waals surface area (Å²) in [5.41, 5.74) is 1.73. The van der Waals surface area contributed by atoms with Crippen LogP contribution in [0.5, 0.6) is 5.75 Å². The molecule has 4 heteroatoms. The second-order valence-corrected chi connectivity index (χ2v) is 4.19. The van der Waals surface area contributed by atoms with E-state index in [2.05, 4.69) is 23.2 Å². The molecular weight excluding hydrogens is 214 g/mol. The van der Waals surface area contributed by atoms with Gasteiger partial charge in [0.05, 0.1) is 17.3 Å². The quantitative estimate of drug-likeness (QED) is 0.729. The molecule has 1 aliphatic rings. The number of likely N-dealkylation sites (tertiary alicyclic amines) is 1. The van der Waals surface area contributed by atoms with Gasteiger partial charge in [0.25, 0.3) is 0 Å². The van der Waals surface area contributed by atoms with Gasteiger partial charge in [-0.15, -0.1) is 0 Å². The molecule has 2 rings (SSSR count). The van der Waals surface area contributed by atoms with Crippen molar-refractivity contribution in [1.82, 2.24) is 4.90 Å². The molecular formula is C13H15N3O. The Hall–Kier alpha value is -1.86. The molecule has 0 aliphatic carbocycles. The lowest BCUT2D eigenvalue weighted by Gasteiger charge is -2.22. The number of hydrogen-bond acceptors (Lipinski definition) is 4. The van der Waals surface area contributed by atoms with Crippen LogP contribution in [-0.2, 0) is 0 Å². The summed E-state index contributed by atoms with van der Waals surface area (Å²) in [7, 11) is 2.11. The number of nitriles is 1. The van der Waals surface area contributed by atoms with Crippen molar-refractivity contribution < 1.29 is 4.84 Å². The highest BCUT2D eigenvalue weighted by Gasteiger charge is 2.11.